The summed E-state index contributed by atoms with van der Waals surface area (Å²) in [6, 6.07) is 7.33. The van der Waals surface area contributed by atoms with Crippen LogP contribution in [0.1, 0.15) is 19.3 Å². The molecule has 0 atom stereocenters. The Balaban J connectivity index is 1.75. The highest BCUT2D eigenvalue weighted by atomic mass is 16.5. The molecule has 1 heterocycles. The van der Waals surface area contributed by atoms with Crippen molar-refractivity contribution >= 4 is 11.8 Å². The van der Waals surface area contributed by atoms with E-state index in [1.807, 2.05) is 24.3 Å². The molecule has 22 heavy (non-hydrogen) atoms. The number of primary amides is 1. The maximum absolute atomic E-state index is 12.1. The first kappa shape index (κ1) is 16.1. The van der Waals surface area contributed by atoms with Gasteiger partial charge in [-0.25, -0.2) is 0 Å². The number of amides is 2. The summed E-state index contributed by atoms with van der Waals surface area (Å²) < 4.78 is 10.8. The van der Waals surface area contributed by atoms with Crippen molar-refractivity contribution in [2.75, 3.05) is 26.8 Å². The molecule has 1 aliphatic rings. The van der Waals surface area contributed by atoms with Crippen molar-refractivity contribution in [1.82, 2.24) is 4.90 Å². The second-order valence-electron chi connectivity index (χ2n) is 5.31. The van der Waals surface area contributed by atoms with Crippen LogP contribution in [0.3, 0.4) is 0 Å². The Labute approximate surface area is 130 Å². The number of nitrogens with zero attached hydrogens (tertiary/aromatic N) is 1. The SMILES string of the molecule is COc1ccccc1OCCC(=O)N1CCC(C(N)=O)CC1. The lowest BCUT2D eigenvalue weighted by Gasteiger charge is -2.30. The fraction of sp³-hybridized carbons (Fsp3) is 0.500. The van der Waals surface area contributed by atoms with Crippen LogP contribution in [0.25, 0.3) is 0 Å². The van der Waals surface area contributed by atoms with Crippen molar-refractivity contribution in [3.63, 3.8) is 0 Å². The maximum atomic E-state index is 12.1. The molecule has 2 N–H and O–H groups in total. The number of carbonyl (C=O) groups excluding carboxylic acids is 2. The molecule has 0 saturated carbocycles. The van der Waals surface area contributed by atoms with Crippen LogP contribution in [0.4, 0.5) is 0 Å². The van der Waals surface area contributed by atoms with Crippen LogP contribution < -0.4 is 15.2 Å². The molecular formula is C16H22N2O4. The predicted molar refractivity (Wildman–Crippen MR) is 81.6 cm³/mol. The third-order valence-electron chi connectivity index (χ3n) is 3.89. The molecule has 0 unspecified atom stereocenters. The molecule has 2 rings (SSSR count). The number of benzene rings is 1. The summed E-state index contributed by atoms with van der Waals surface area (Å²) in [6.07, 6.45) is 1.60. The molecule has 120 valence electrons. The van der Waals surface area contributed by atoms with Crippen molar-refractivity contribution in [1.29, 1.82) is 0 Å². The van der Waals surface area contributed by atoms with E-state index in [0.29, 0.717) is 50.5 Å². The number of nitrogens with two attached hydrogens (primary N) is 1. The molecule has 6 nitrogen and oxygen atoms in total. The van der Waals surface area contributed by atoms with E-state index in [1.165, 1.54) is 0 Å². The van der Waals surface area contributed by atoms with E-state index in [-0.39, 0.29) is 17.7 Å². The maximum Gasteiger partial charge on any atom is 0.225 e. The molecule has 1 aromatic rings. The molecule has 0 aromatic heterocycles. The van der Waals surface area contributed by atoms with Gasteiger partial charge in [0, 0.05) is 19.0 Å². The van der Waals surface area contributed by atoms with E-state index in [0.717, 1.165) is 0 Å². The second-order valence-corrected chi connectivity index (χ2v) is 5.31. The van der Waals surface area contributed by atoms with Crippen LogP contribution in [0.15, 0.2) is 24.3 Å². The lowest BCUT2D eigenvalue weighted by atomic mass is 9.96. The smallest absolute Gasteiger partial charge is 0.225 e. The number of methoxy groups -OCH3 is 1. The molecule has 1 aromatic carbocycles. The minimum atomic E-state index is -0.272. The highest BCUT2D eigenvalue weighted by molar-refractivity contribution is 5.78. The van der Waals surface area contributed by atoms with E-state index < -0.39 is 0 Å². The van der Waals surface area contributed by atoms with Crippen molar-refractivity contribution in [3.05, 3.63) is 24.3 Å². The standard InChI is InChI=1S/C16H22N2O4/c1-21-13-4-2-3-5-14(13)22-11-8-15(19)18-9-6-12(7-10-18)16(17)20/h2-5,12H,6-11H2,1H3,(H2,17,20). The third-order valence-corrected chi connectivity index (χ3v) is 3.89. The molecular weight excluding hydrogens is 284 g/mol. The zero-order valence-electron chi connectivity index (χ0n) is 12.8. The molecule has 0 aliphatic carbocycles. The minimum Gasteiger partial charge on any atom is -0.493 e. The number of carbonyl (C=O) groups is 2. The van der Waals surface area contributed by atoms with E-state index in [1.54, 1.807) is 12.0 Å². The molecule has 1 saturated heterocycles. The zero-order valence-corrected chi connectivity index (χ0v) is 12.8. The summed E-state index contributed by atoms with van der Waals surface area (Å²) in [5.41, 5.74) is 5.29. The summed E-state index contributed by atoms with van der Waals surface area (Å²) in [5.74, 6) is 0.945. The fourth-order valence-electron chi connectivity index (χ4n) is 2.56. The minimum absolute atomic E-state index is 0.0396. The molecule has 0 bridgehead atoms. The molecule has 6 heteroatoms. The van der Waals surface area contributed by atoms with Crippen LogP contribution >= 0.6 is 0 Å². The Bertz CT molecular complexity index is 525. The lowest BCUT2D eigenvalue weighted by Crippen LogP contribution is -2.42. The Morgan fingerprint density at radius 1 is 1.23 bits per heavy atom. The number of likely N-dealkylation sites (tertiary alicyclic amines) is 1. The van der Waals surface area contributed by atoms with Gasteiger partial charge in [-0.2, -0.15) is 0 Å². The largest absolute Gasteiger partial charge is 0.493 e. The zero-order chi connectivity index (χ0) is 15.9. The number of ether oxygens (including phenoxy) is 2. The highest BCUT2D eigenvalue weighted by Gasteiger charge is 2.25. The first-order valence-corrected chi connectivity index (χ1v) is 7.44. The van der Waals surface area contributed by atoms with E-state index in [2.05, 4.69) is 0 Å². The predicted octanol–water partition coefficient (Wildman–Crippen LogP) is 1.19. The molecule has 0 radical (unpaired) electrons. The summed E-state index contributed by atoms with van der Waals surface area (Å²) in [5, 5.41) is 0. The molecule has 1 aliphatic heterocycles. The quantitative estimate of drug-likeness (QED) is 0.856. The average Bonchev–Trinajstić information content (AvgIpc) is 2.55. The summed E-state index contributed by atoms with van der Waals surface area (Å²) >= 11 is 0. The first-order chi connectivity index (χ1) is 10.6. The van der Waals surface area contributed by atoms with Gasteiger partial charge in [0.15, 0.2) is 11.5 Å². The van der Waals surface area contributed by atoms with Gasteiger partial charge in [0.2, 0.25) is 11.8 Å². The van der Waals surface area contributed by atoms with E-state index >= 15 is 0 Å². The number of hydrogen-bond donors (Lipinski definition) is 1. The Hall–Kier alpha value is -2.24. The van der Waals surface area contributed by atoms with Crippen molar-refractivity contribution < 1.29 is 19.1 Å². The lowest BCUT2D eigenvalue weighted by molar-refractivity contribution is -0.135. The number of piperidine rings is 1. The number of rotatable bonds is 6. The van der Waals surface area contributed by atoms with Gasteiger partial charge in [0.1, 0.15) is 0 Å². The van der Waals surface area contributed by atoms with Gasteiger partial charge in [0.05, 0.1) is 20.1 Å². The number of para-hydroxylation sites is 2. The Morgan fingerprint density at radius 3 is 2.45 bits per heavy atom. The fourth-order valence-corrected chi connectivity index (χ4v) is 2.56. The topological polar surface area (TPSA) is 81.9 Å². The van der Waals surface area contributed by atoms with Gasteiger partial charge < -0.3 is 20.1 Å². The number of hydrogen-bond acceptors (Lipinski definition) is 4. The summed E-state index contributed by atoms with van der Waals surface area (Å²) in [4.78, 5) is 25.0. The molecule has 0 spiro atoms. The van der Waals surface area contributed by atoms with Crippen molar-refractivity contribution in [3.8, 4) is 11.5 Å². The Kier molecular flexibility index (Phi) is 5.63. The van der Waals surface area contributed by atoms with Gasteiger partial charge >= 0.3 is 0 Å². The van der Waals surface area contributed by atoms with Gasteiger partial charge in [-0.1, -0.05) is 12.1 Å². The highest BCUT2D eigenvalue weighted by Crippen LogP contribution is 2.26. The van der Waals surface area contributed by atoms with Crippen LogP contribution in [-0.2, 0) is 9.59 Å². The Morgan fingerprint density at radius 2 is 1.86 bits per heavy atom. The molecule has 2 amide bonds. The van der Waals surface area contributed by atoms with E-state index in [9.17, 15) is 9.59 Å². The molecule has 1 fully saturated rings. The van der Waals surface area contributed by atoms with Crippen LogP contribution in [-0.4, -0.2) is 43.5 Å². The van der Waals surface area contributed by atoms with Crippen molar-refractivity contribution in [2.45, 2.75) is 19.3 Å². The van der Waals surface area contributed by atoms with Gasteiger partial charge in [-0.15, -0.1) is 0 Å². The first-order valence-electron chi connectivity index (χ1n) is 7.44. The van der Waals surface area contributed by atoms with Gasteiger partial charge in [-0.3, -0.25) is 9.59 Å². The van der Waals surface area contributed by atoms with E-state index in [4.69, 9.17) is 15.2 Å². The third kappa shape index (κ3) is 4.13. The van der Waals surface area contributed by atoms with Crippen molar-refractivity contribution in [2.24, 2.45) is 11.7 Å². The van der Waals surface area contributed by atoms with Crippen LogP contribution in [0.5, 0.6) is 11.5 Å². The van der Waals surface area contributed by atoms with Gasteiger partial charge in [-0.05, 0) is 25.0 Å². The van der Waals surface area contributed by atoms with Gasteiger partial charge in [0.25, 0.3) is 0 Å². The monoisotopic (exact) mass is 306 g/mol. The average molecular weight is 306 g/mol. The summed E-state index contributed by atoms with van der Waals surface area (Å²) in [7, 11) is 1.58. The van der Waals surface area contributed by atoms with Crippen LogP contribution in [0.2, 0.25) is 0 Å². The summed E-state index contributed by atoms with van der Waals surface area (Å²) in [6.45, 7) is 1.47. The van der Waals surface area contributed by atoms with Crippen LogP contribution in [0, 0.1) is 5.92 Å². The second kappa shape index (κ2) is 7.68. The normalized spacial score (nSPS) is 15.4.